The van der Waals surface area contributed by atoms with E-state index in [1.54, 1.807) is 0 Å². The van der Waals surface area contributed by atoms with Gasteiger partial charge < -0.3 is 10.3 Å². The summed E-state index contributed by atoms with van der Waals surface area (Å²) in [5.41, 5.74) is -0.0178. The highest BCUT2D eigenvalue weighted by Crippen LogP contribution is 2.27. The van der Waals surface area contributed by atoms with Crippen molar-refractivity contribution in [1.29, 1.82) is 0 Å². The van der Waals surface area contributed by atoms with Gasteiger partial charge >= 0.3 is 0 Å². The number of aromatic amines is 1. The summed E-state index contributed by atoms with van der Waals surface area (Å²) in [6.45, 7) is 0.814. The zero-order chi connectivity index (χ0) is 22.2. The van der Waals surface area contributed by atoms with Crippen LogP contribution in [0.2, 0.25) is 0 Å². The van der Waals surface area contributed by atoms with Gasteiger partial charge in [-0.25, -0.2) is 14.4 Å². The maximum absolute atomic E-state index is 15.1. The number of amides is 1. The lowest BCUT2D eigenvalue weighted by Gasteiger charge is -2.47. The molecule has 5 N–H and O–H groups in total. The molecule has 2 aromatic heterocycles. The van der Waals surface area contributed by atoms with Crippen LogP contribution in [0.25, 0.3) is 11.2 Å². The molecule has 9 nitrogen and oxygen atoms in total. The molecule has 0 saturated carbocycles. The molecule has 1 aromatic carbocycles. The fourth-order valence-electron chi connectivity index (χ4n) is 3.59. The highest BCUT2D eigenvalue weighted by molar-refractivity contribution is 8.06. The van der Waals surface area contributed by atoms with Gasteiger partial charge in [0.05, 0.1) is 23.7 Å². The van der Waals surface area contributed by atoms with Gasteiger partial charge in [0.15, 0.2) is 11.3 Å². The summed E-state index contributed by atoms with van der Waals surface area (Å²) in [4.78, 5) is 23.3. The number of H-pyrrole nitrogens is 1. The number of hydrogen-bond acceptors (Lipinski definition) is 4. The number of anilines is 1. The van der Waals surface area contributed by atoms with Gasteiger partial charge in [0.1, 0.15) is 11.5 Å². The number of fused-ring (bicyclic) bond motifs is 1. The van der Waals surface area contributed by atoms with E-state index in [2.05, 4.69) is 20.3 Å². The second-order valence-corrected chi connectivity index (χ2v) is 11.1. The monoisotopic (exact) mass is 453 g/mol. The quantitative estimate of drug-likeness (QED) is 0.439. The molecule has 12 heteroatoms. The number of benzene rings is 1. The fourth-order valence-corrected chi connectivity index (χ4v) is 5.65. The molecule has 166 valence electrons. The molecule has 1 saturated heterocycles. The number of hydrogen-bond donors (Lipinski definition) is 4. The van der Waals surface area contributed by atoms with Gasteiger partial charge in [-0.2, -0.15) is 13.4 Å². The lowest BCUT2D eigenvalue weighted by molar-refractivity contribution is -0.423. The van der Waals surface area contributed by atoms with Crippen molar-refractivity contribution in [3.8, 4) is 0 Å². The van der Waals surface area contributed by atoms with Crippen LogP contribution in [0.3, 0.4) is 0 Å². The van der Waals surface area contributed by atoms with Crippen LogP contribution in [-0.4, -0.2) is 53.3 Å². The Kier molecular flexibility index (Phi) is 5.33. The number of pyridine rings is 1. The summed E-state index contributed by atoms with van der Waals surface area (Å²) < 4.78 is 55.9. The van der Waals surface area contributed by atoms with Gasteiger partial charge in [-0.05, 0) is 34.7 Å². The molecule has 1 fully saturated rings. The van der Waals surface area contributed by atoms with Crippen LogP contribution in [0.5, 0.6) is 0 Å². The van der Waals surface area contributed by atoms with Crippen LogP contribution in [0.15, 0.2) is 30.7 Å². The molecule has 0 atom stereocenters. The van der Waals surface area contributed by atoms with Crippen LogP contribution in [0, 0.1) is 11.6 Å². The second-order valence-electron chi connectivity index (χ2n) is 7.69. The van der Waals surface area contributed by atoms with Gasteiger partial charge in [0.2, 0.25) is 5.82 Å². The number of imidazole rings is 1. The van der Waals surface area contributed by atoms with Crippen LogP contribution >= 0.6 is 0 Å². The third-order valence-corrected chi connectivity index (χ3v) is 7.65. The van der Waals surface area contributed by atoms with Gasteiger partial charge in [0.25, 0.3) is 5.91 Å². The molecule has 3 heterocycles. The molecular formula is C19H23F2N6O3S+. The molecule has 0 spiro atoms. The molecule has 1 aliphatic rings. The first-order valence-corrected chi connectivity index (χ1v) is 12.1. The molecular weight excluding hydrogens is 430 g/mol. The zero-order valence-electron chi connectivity index (χ0n) is 16.8. The molecule has 0 aliphatic carbocycles. The first-order chi connectivity index (χ1) is 14.6. The Hall–Kier alpha value is -2.80. The second kappa shape index (κ2) is 7.71. The summed E-state index contributed by atoms with van der Waals surface area (Å²) in [6, 6.07) is 3.48. The summed E-state index contributed by atoms with van der Waals surface area (Å²) in [5.74, 6) is -2.92. The number of nitrogens with zero attached hydrogens (tertiary/aromatic N) is 3. The number of quaternary nitrogens is 1. The Morgan fingerprint density at radius 1 is 1.26 bits per heavy atom. The van der Waals surface area contributed by atoms with E-state index in [1.165, 1.54) is 22.9 Å². The lowest BCUT2D eigenvalue weighted by Crippen LogP contribution is -2.97. The molecule has 0 radical (unpaired) electrons. The van der Waals surface area contributed by atoms with Crippen LogP contribution in [0.1, 0.15) is 29.6 Å². The van der Waals surface area contributed by atoms with E-state index in [4.69, 9.17) is 0 Å². The van der Waals surface area contributed by atoms with Gasteiger partial charge in [0, 0.05) is 25.4 Å². The number of halogens is 2. The number of nitrogens with two attached hydrogens (primary N) is 1. The highest BCUT2D eigenvalue weighted by atomic mass is 32.3. The van der Waals surface area contributed by atoms with Crippen LogP contribution in [-0.2, 0) is 9.72 Å². The smallest absolute Gasteiger partial charge is 0.257 e. The van der Waals surface area contributed by atoms with Crippen molar-refractivity contribution >= 4 is 38.2 Å². The molecule has 0 bridgehead atoms. The summed E-state index contributed by atoms with van der Waals surface area (Å²) >= 11 is 0. The Labute approximate surface area is 176 Å². The summed E-state index contributed by atoms with van der Waals surface area (Å²) in [5, 5.41) is 2.20. The molecule has 1 amide bonds. The van der Waals surface area contributed by atoms with E-state index in [9.17, 15) is 17.9 Å². The number of rotatable bonds is 5. The summed E-state index contributed by atoms with van der Waals surface area (Å²) in [6.07, 6.45) is 6.28. The standard InChI is InChI=1S/C19H22F2N6O3S/c1-31(29,30,27-7-3-2-4-8-27)26-14-6-5-13(20)17(16(14)21)25-19(28)12-9-15-18(22-10-12)24-11-23-15/h5-6,9-11H,2-4,7-8H2,1H3,(H,25,28)(H,22,23,24)(H2,26,29,30)/p+1. The van der Waals surface area contributed by atoms with Crippen molar-refractivity contribution in [2.75, 3.05) is 24.7 Å². The van der Waals surface area contributed by atoms with Crippen LogP contribution in [0.4, 0.5) is 20.2 Å². The maximum Gasteiger partial charge on any atom is 0.257 e. The van der Waals surface area contributed by atoms with Crippen molar-refractivity contribution < 1.29 is 27.1 Å². The number of carbonyl (C=O) groups excluding carboxylic acids is 1. The van der Waals surface area contributed by atoms with Crippen molar-refractivity contribution in [2.24, 2.45) is 0 Å². The number of nitrogens with one attached hydrogen (secondary N) is 2. The average Bonchev–Trinajstić information content (AvgIpc) is 3.21. The minimum absolute atomic E-state index is 0.0675. The van der Waals surface area contributed by atoms with E-state index >= 15 is 4.39 Å². The average molecular weight is 453 g/mol. The topological polar surface area (TPSA) is 128 Å². The molecule has 3 aromatic rings. The number of aromatic nitrogens is 3. The third-order valence-electron chi connectivity index (χ3n) is 5.24. The Morgan fingerprint density at radius 3 is 2.74 bits per heavy atom. The summed E-state index contributed by atoms with van der Waals surface area (Å²) in [7, 11) is -4.48. The Morgan fingerprint density at radius 2 is 2.00 bits per heavy atom. The van der Waals surface area contributed by atoms with Gasteiger partial charge in [-0.3, -0.25) is 9.35 Å². The Bertz CT molecular complexity index is 1220. The van der Waals surface area contributed by atoms with Crippen LogP contribution < -0.4 is 10.0 Å². The lowest BCUT2D eigenvalue weighted by atomic mass is 10.2. The largest absolute Gasteiger partial charge is 0.343 e. The Balaban J connectivity index is 1.61. The van der Waals surface area contributed by atoms with E-state index in [0.29, 0.717) is 24.3 Å². The van der Waals surface area contributed by atoms with E-state index in [-0.39, 0.29) is 11.3 Å². The predicted octanol–water partition coefficient (Wildman–Crippen LogP) is 1.92. The fraction of sp³-hybridized carbons (Fsp3) is 0.316. The first-order valence-electron chi connectivity index (χ1n) is 9.71. The van der Waals surface area contributed by atoms with E-state index in [0.717, 1.165) is 42.4 Å². The normalized spacial score (nSPS) is 16.7. The molecule has 31 heavy (non-hydrogen) atoms. The van der Waals surface area contributed by atoms with Crippen molar-refractivity contribution in [3.05, 3.63) is 47.9 Å². The highest BCUT2D eigenvalue weighted by Gasteiger charge is 2.35. The predicted molar refractivity (Wildman–Crippen MR) is 112 cm³/mol. The molecule has 0 unspecified atom stereocenters. The van der Waals surface area contributed by atoms with Crippen molar-refractivity contribution in [3.63, 3.8) is 0 Å². The molecule has 4 rings (SSSR count). The maximum atomic E-state index is 15.1. The minimum atomic E-state index is -4.48. The molecule has 1 aliphatic heterocycles. The third kappa shape index (κ3) is 4.32. The van der Waals surface area contributed by atoms with E-state index < -0.39 is 32.9 Å². The van der Waals surface area contributed by atoms with Gasteiger partial charge in [-0.15, -0.1) is 4.21 Å². The minimum Gasteiger partial charge on any atom is -0.343 e. The van der Waals surface area contributed by atoms with Crippen molar-refractivity contribution in [2.45, 2.75) is 19.3 Å². The van der Waals surface area contributed by atoms with Gasteiger partial charge in [-0.1, -0.05) is 6.42 Å². The zero-order valence-corrected chi connectivity index (χ0v) is 17.6. The van der Waals surface area contributed by atoms with Crippen molar-refractivity contribution in [1.82, 2.24) is 19.3 Å². The SMILES string of the molecule is CS(=O)(O)([NH2+]c1ccc(F)c(NC(=O)c2cnc3nc[nH]c3c2)c1F)N1CCCCC1. The first kappa shape index (κ1) is 21.4. The van der Waals surface area contributed by atoms with E-state index in [1.807, 2.05) is 0 Å². The number of piperidine rings is 1. The number of carbonyl (C=O) groups is 1.